The summed E-state index contributed by atoms with van der Waals surface area (Å²) in [6.45, 7) is 3.75. The van der Waals surface area contributed by atoms with Crippen molar-refractivity contribution in [2.24, 2.45) is 0 Å². The van der Waals surface area contributed by atoms with Gasteiger partial charge < -0.3 is 0 Å². The fourth-order valence-corrected chi connectivity index (χ4v) is 1.10. The van der Waals surface area contributed by atoms with Crippen LogP contribution in [-0.2, 0) is 0 Å². The van der Waals surface area contributed by atoms with E-state index in [2.05, 4.69) is 0 Å². The largest absolute Gasteiger partial charge is 0.204 e. The zero-order valence-corrected chi connectivity index (χ0v) is 7.57. The Kier molecular flexibility index (Phi) is 2.96. The van der Waals surface area contributed by atoms with Crippen molar-refractivity contribution in [3.05, 3.63) is 35.1 Å². The number of rotatable bonds is 2. The van der Waals surface area contributed by atoms with Crippen molar-refractivity contribution in [1.82, 2.24) is 0 Å². The van der Waals surface area contributed by atoms with E-state index in [0.717, 1.165) is 18.6 Å². The normalized spacial score (nSPS) is 13.0. The molecule has 0 aliphatic heterocycles. The third kappa shape index (κ3) is 2.02. The van der Waals surface area contributed by atoms with E-state index in [9.17, 15) is 13.2 Å². The molecule has 0 N–H and O–H groups in total. The molecule has 0 nitrogen and oxygen atoms in total. The van der Waals surface area contributed by atoms with Crippen molar-refractivity contribution in [1.29, 1.82) is 0 Å². The second-order valence-corrected chi connectivity index (χ2v) is 3.11. The van der Waals surface area contributed by atoms with Gasteiger partial charge in [0.15, 0.2) is 17.5 Å². The molecule has 3 heteroatoms. The van der Waals surface area contributed by atoms with Crippen LogP contribution in [0.4, 0.5) is 13.2 Å². The Morgan fingerprint density at radius 1 is 1.15 bits per heavy atom. The van der Waals surface area contributed by atoms with Crippen LogP contribution in [0.25, 0.3) is 0 Å². The highest BCUT2D eigenvalue weighted by molar-refractivity contribution is 5.22. The molecule has 0 heterocycles. The van der Waals surface area contributed by atoms with Crippen molar-refractivity contribution in [3.63, 3.8) is 0 Å². The highest BCUT2D eigenvalue weighted by Gasteiger charge is 2.12. The van der Waals surface area contributed by atoms with Crippen LogP contribution in [0.5, 0.6) is 0 Å². The van der Waals surface area contributed by atoms with E-state index in [1.807, 2.05) is 13.8 Å². The van der Waals surface area contributed by atoms with Crippen LogP contribution < -0.4 is 0 Å². The molecular weight excluding hydrogens is 177 g/mol. The van der Waals surface area contributed by atoms with E-state index in [-0.39, 0.29) is 5.92 Å². The summed E-state index contributed by atoms with van der Waals surface area (Å²) >= 11 is 0. The third-order valence-corrected chi connectivity index (χ3v) is 2.19. The van der Waals surface area contributed by atoms with Gasteiger partial charge in [-0.1, -0.05) is 13.8 Å². The van der Waals surface area contributed by atoms with Crippen molar-refractivity contribution >= 4 is 0 Å². The standard InChI is InChI=1S/C10H11F3/c1-3-6(2)7-4-8(11)10(13)9(12)5-7/h4-6H,3H2,1-2H3/t6-/m0/s1. The minimum Gasteiger partial charge on any atom is -0.204 e. The fourth-order valence-electron chi connectivity index (χ4n) is 1.10. The topological polar surface area (TPSA) is 0 Å². The zero-order chi connectivity index (χ0) is 10.0. The summed E-state index contributed by atoms with van der Waals surface area (Å²) in [5.41, 5.74) is 0.499. The fraction of sp³-hybridized carbons (Fsp3) is 0.400. The van der Waals surface area contributed by atoms with E-state index >= 15 is 0 Å². The molecular formula is C10H11F3. The minimum atomic E-state index is -1.40. The molecule has 0 spiro atoms. The molecule has 0 saturated heterocycles. The SMILES string of the molecule is CC[C@H](C)c1cc(F)c(F)c(F)c1. The first-order chi connectivity index (χ1) is 6.06. The van der Waals surface area contributed by atoms with E-state index < -0.39 is 17.5 Å². The lowest BCUT2D eigenvalue weighted by atomic mass is 9.98. The maximum absolute atomic E-state index is 12.7. The monoisotopic (exact) mass is 188 g/mol. The van der Waals surface area contributed by atoms with Crippen molar-refractivity contribution < 1.29 is 13.2 Å². The number of hydrogen-bond acceptors (Lipinski definition) is 0. The summed E-state index contributed by atoms with van der Waals surface area (Å²) in [5.74, 6) is -3.58. The Hall–Kier alpha value is -0.990. The van der Waals surface area contributed by atoms with Crippen molar-refractivity contribution in [3.8, 4) is 0 Å². The average Bonchev–Trinajstić information content (AvgIpc) is 2.12. The lowest BCUT2D eigenvalue weighted by Gasteiger charge is -2.09. The molecule has 0 aromatic heterocycles. The Bertz CT molecular complexity index is 284. The molecule has 1 aromatic rings. The molecule has 0 amide bonds. The predicted octanol–water partition coefficient (Wildman–Crippen LogP) is 3.62. The van der Waals surface area contributed by atoms with Crippen LogP contribution in [0.1, 0.15) is 31.7 Å². The van der Waals surface area contributed by atoms with Crippen LogP contribution in [-0.4, -0.2) is 0 Å². The van der Waals surface area contributed by atoms with Gasteiger partial charge in [0.1, 0.15) is 0 Å². The number of hydrogen-bond donors (Lipinski definition) is 0. The molecule has 72 valence electrons. The molecule has 0 radical (unpaired) electrons. The summed E-state index contributed by atoms with van der Waals surface area (Å²) in [6, 6.07) is 2.10. The average molecular weight is 188 g/mol. The molecule has 0 aliphatic carbocycles. The van der Waals surface area contributed by atoms with E-state index in [4.69, 9.17) is 0 Å². The molecule has 0 bridgehead atoms. The van der Waals surface area contributed by atoms with Crippen LogP contribution in [0.3, 0.4) is 0 Å². The Balaban J connectivity index is 3.13. The van der Waals surface area contributed by atoms with Gasteiger partial charge in [-0.25, -0.2) is 13.2 Å². The summed E-state index contributed by atoms with van der Waals surface area (Å²) in [4.78, 5) is 0. The first-order valence-corrected chi connectivity index (χ1v) is 4.20. The molecule has 0 saturated carbocycles. The molecule has 1 rings (SSSR count). The third-order valence-electron chi connectivity index (χ3n) is 2.19. The molecule has 0 fully saturated rings. The first kappa shape index (κ1) is 10.1. The van der Waals surface area contributed by atoms with E-state index in [1.54, 1.807) is 0 Å². The highest BCUT2D eigenvalue weighted by atomic mass is 19.2. The van der Waals surface area contributed by atoms with E-state index in [1.165, 1.54) is 0 Å². The lowest BCUT2D eigenvalue weighted by Crippen LogP contribution is -1.97. The molecule has 1 aromatic carbocycles. The number of benzene rings is 1. The van der Waals surface area contributed by atoms with Gasteiger partial charge >= 0.3 is 0 Å². The van der Waals surface area contributed by atoms with Gasteiger partial charge in [0.25, 0.3) is 0 Å². The van der Waals surface area contributed by atoms with Crippen molar-refractivity contribution in [2.75, 3.05) is 0 Å². The van der Waals surface area contributed by atoms with Gasteiger partial charge in [-0.3, -0.25) is 0 Å². The minimum absolute atomic E-state index is 0.0459. The van der Waals surface area contributed by atoms with Gasteiger partial charge in [0, 0.05) is 0 Å². The quantitative estimate of drug-likeness (QED) is 0.622. The number of halogens is 3. The van der Waals surface area contributed by atoms with Gasteiger partial charge in [-0.05, 0) is 30.0 Å². The summed E-state index contributed by atoms with van der Waals surface area (Å²) in [7, 11) is 0. The Morgan fingerprint density at radius 2 is 1.62 bits per heavy atom. The summed E-state index contributed by atoms with van der Waals surface area (Å²) < 4.78 is 38.0. The maximum atomic E-state index is 12.7. The highest BCUT2D eigenvalue weighted by Crippen LogP contribution is 2.22. The molecule has 0 aliphatic rings. The van der Waals surface area contributed by atoms with E-state index in [0.29, 0.717) is 5.56 Å². The Morgan fingerprint density at radius 3 is 2.00 bits per heavy atom. The predicted molar refractivity (Wildman–Crippen MR) is 45.0 cm³/mol. The van der Waals surface area contributed by atoms with Crippen molar-refractivity contribution in [2.45, 2.75) is 26.2 Å². The molecule has 13 heavy (non-hydrogen) atoms. The molecule has 0 unspecified atom stereocenters. The summed E-state index contributed by atoms with van der Waals surface area (Å²) in [6.07, 6.45) is 0.768. The van der Waals surface area contributed by atoms with Crippen LogP contribution in [0.15, 0.2) is 12.1 Å². The molecule has 1 atom stereocenters. The van der Waals surface area contributed by atoms with Crippen LogP contribution in [0, 0.1) is 17.5 Å². The summed E-state index contributed by atoms with van der Waals surface area (Å²) in [5, 5.41) is 0. The lowest BCUT2D eigenvalue weighted by molar-refractivity contribution is 0.443. The maximum Gasteiger partial charge on any atom is 0.194 e. The van der Waals surface area contributed by atoms with Crippen LogP contribution >= 0.6 is 0 Å². The second kappa shape index (κ2) is 3.81. The zero-order valence-electron chi connectivity index (χ0n) is 7.57. The second-order valence-electron chi connectivity index (χ2n) is 3.11. The van der Waals surface area contributed by atoms with Gasteiger partial charge in [-0.2, -0.15) is 0 Å². The first-order valence-electron chi connectivity index (χ1n) is 4.20. The smallest absolute Gasteiger partial charge is 0.194 e. The van der Waals surface area contributed by atoms with Gasteiger partial charge in [-0.15, -0.1) is 0 Å². The van der Waals surface area contributed by atoms with Gasteiger partial charge in [0.2, 0.25) is 0 Å². The Labute approximate surface area is 75.4 Å². The van der Waals surface area contributed by atoms with Crippen LogP contribution in [0.2, 0.25) is 0 Å². The van der Waals surface area contributed by atoms with Gasteiger partial charge in [0.05, 0.1) is 0 Å².